The standard InChI is InChI=1S/C45H49Cl/c1-12-28-15-13-16-29-20-24-33(41(38(28)29)45(9,10)11)32-23-19-31-21-25-34(40(44(6,7)8)37(31)27(32)2)35-26-22-30-17-14-18-36(43(3,4)5)39(30)42(35)46/h13-26H,12H2,1-11H3. The number of halogens is 1. The van der Waals surface area contributed by atoms with Crippen molar-refractivity contribution in [3.63, 3.8) is 0 Å². The highest BCUT2D eigenvalue weighted by Crippen LogP contribution is 2.48. The summed E-state index contributed by atoms with van der Waals surface area (Å²) < 4.78 is 0. The van der Waals surface area contributed by atoms with Crippen molar-refractivity contribution in [1.82, 2.24) is 0 Å². The molecule has 0 aliphatic heterocycles. The minimum absolute atomic E-state index is 0.0221. The molecule has 0 nitrogen and oxygen atoms in total. The van der Waals surface area contributed by atoms with Crippen LogP contribution in [0, 0.1) is 6.92 Å². The van der Waals surface area contributed by atoms with E-state index in [1.807, 2.05) is 0 Å². The molecular formula is C45H49Cl. The summed E-state index contributed by atoms with van der Waals surface area (Å²) in [5, 5.41) is 8.55. The van der Waals surface area contributed by atoms with E-state index in [-0.39, 0.29) is 16.2 Å². The van der Waals surface area contributed by atoms with Gasteiger partial charge < -0.3 is 0 Å². The summed E-state index contributed by atoms with van der Waals surface area (Å²) in [7, 11) is 0. The van der Waals surface area contributed by atoms with Gasteiger partial charge in [-0.1, -0.05) is 166 Å². The van der Waals surface area contributed by atoms with Gasteiger partial charge in [-0.25, -0.2) is 0 Å². The number of fused-ring (bicyclic) bond motifs is 3. The van der Waals surface area contributed by atoms with Gasteiger partial charge in [-0.15, -0.1) is 0 Å². The first-order valence-electron chi connectivity index (χ1n) is 16.9. The Morgan fingerprint density at radius 1 is 0.478 bits per heavy atom. The Balaban J connectivity index is 1.71. The van der Waals surface area contributed by atoms with Crippen molar-refractivity contribution in [1.29, 1.82) is 0 Å². The van der Waals surface area contributed by atoms with Crippen LogP contribution in [0.1, 0.15) is 97.1 Å². The monoisotopic (exact) mass is 624 g/mol. The maximum atomic E-state index is 7.48. The molecule has 1 heteroatoms. The molecular weight excluding hydrogens is 576 g/mol. The normalized spacial score (nSPS) is 12.9. The average Bonchev–Trinajstić information content (AvgIpc) is 2.98. The van der Waals surface area contributed by atoms with Crippen LogP contribution in [0.15, 0.2) is 84.9 Å². The van der Waals surface area contributed by atoms with Crippen LogP contribution in [0.5, 0.6) is 0 Å². The van der Waals surface area contributed by atoms with Crippen LogP contribution in [-0.4, -0.2) is 0 Å². The van der Waals surface area contributed by atoms with Gasteiger partial charge in [0.05, 0.1) is 5.02 Å². The molecule has 0 aromatic heterocycles. The minimum atomic E-state index is -0.119. The second-order valence-electron chi connectivity index (χ2n) is 16.3. The Hall–Kier alpha value is -3.61. The van der Waals surface area contributed by atoms with Crippen LogP contribution in [0.3, 0.4) is 0 Å². The van der Waals surface area contributed by atoms with Crippen LogP contribution in [0.4, 0.5) is 0 Å². The van der Waals surface area contributed by atoms with Crippen LogP contribution in [0.2, 0.25) is 5.02 Å². The van der Waals surface area contributed by atoms with E-state index in [0.29, 0.717) is 0 Å². The number of hydrogen-bond donors (Lipinski definition) is 0. The highest BCUT2D eigenvalue weighted by molar-refractivity contribution is 6.38. The fraction of sp³-hybridized carbons (Fsp3) is 0.333. The molecule has 0 unspecified atom stereocenters. The lowest BCUT2D eigenvalue weighted by Crippen LogP contribution is -2.16. The van der Waals surface area contributed by atoms with Gasteiger partial charge in [0.2, 0.25) is 0 Å². The molecule has 0 heterocycles. The van der Waals surface area contributed by atoms with Gasteiger partial charge >= 0.3 is 0 Å². The molecule has 0 N–H and O–H groups in total. The molecule has 6 rings (SSSR count). The molecule has 0 atom stereocenters. The highest BCUT2D eigenvalue weighted by atomic mass is 35.5. The van der Waals surface area contributed by atoms with Crippen molar-refractivity contribution in [2.24, 2.45) is 0 Å². The maximum Gasteiger partial charge on any atom is 0.0565 e. The summed E-state index contributed by atoms with van der Waals surface area (Å²) in [4.78, 5) is 0. The van der Waals surface area contributed by atoms with Gasteiger partial charge in [0.15, 0.2) is 0 Å². The third kappa shape index (κ3) is 5.33. The lowest BCUT2D eigenvalue weighted by atomic mass is 9.74. The fourth-order valence-corrected chi connectivity index (χ4v) is 8.19. The van der Waals surface area contributed by atoms with E-state index < -0.39 is 0 Å². The zero-order valence-corrected chi connectivity index (χ0v) is 30.4. The summed E-state index contributed by atoms with van der Waals surface area (Å²) in [6.45, 7) is 25.5. The Morgan fingerprint density at radius 3 is 1.48 bits per heavy atom. The van der Waals surface area contributed by atoms with Crippen molar-refractivity contribution in [2.45, 2.75) is 98.8 Å². The third-order valence-corrected chi connectivity index (χ3v) is 10.2. The van der Waals surface area contributed by atoms with Crippen molar-refractivity contribution < 1.29 is 0 Å². The first-order valence-corrected chi connectivity index (χ1v) is 17.3. The number of hydrogen-bond acceptors (Lipinski definition) is 0. The van der Waals surface area contributed by atoms with Gasteiger partial charge in [-0.3, -0.25) is 0 Å². The molecule has 0 saturated carbocycles. The molecule has 0 radical (unpaired) electrons. The van der Waals surface area contributed by atoms with Gasteiger partial charge in [0, 0.05) is 10.9 Å². The van der Waals surface area contributed by atoms with E-state index >= 15 is 0 Å². The van der Waals surface area contributed by atoms with Crippen molar-refractivity contribution in [3.8, 4) is 22.3 Å². The van der Waals surface area contributed by atoms with E-state index in [9.17, 15) is 0 Å². The molecule has 6 aromatic carbocycles. The SMILES string of the molecule is CCc1cccc2ccc(-c3ccc4ccc(-c5ccc6cccc(C(C)(C)C)c6c5Cl)c(C(C)(C)C)c4c3C)c(C(C)(C)C)c12. The minimum Gasteiger partial charge on any atom is -0.0830 e. The Labute approximate surface area is 281 Å². The Bertz CT molecular complexity index is 2140. The third-order valence-electron chi connectivity index (χ3n) is 9.83. The molecule has 0 spiro atoms. The zero-order chi connectivity index (χ0) is 33.3. The quantitative estimate of drug-likeness (QED) is 0.184. The Kier molecular flexibility index (Phi) is 7.92. The Morgan fingerprint density at radius 2 is 0.935 bits per heavy atom. The van der Waals surface area contributed by atoms with E-state index in [0.717, 1.165) is 22.4 Å². The largest absolute Gasteiger partial charge is 0.0830 e. The van der Waals surface area contributed by atoms with Crippen LogP contribution < -0.4 is 0 Å². The van der Waals surface area contributed by atoms with Crippen LogP contribution in [0.25, 0.3) is 54.6 Å². The van der Waals surface area contributed by atoms with E-state index in [1.165, 1.54) is 71.4 Å². The van der Waals surface area contributed by atoms with Crippen molar-refractivity contribution >= 4 is 43.9 Å². The summed E-state index contributed by atoms with van der Waals surface area (Å²) >= 11 is 7.48. The molecule has 0 aliphatic rings. The van der Waals surface area contributed by atoms with Crippen LogP contribution >= 0.6 is 11.6 Å². The number of aryl methyl sites for hydroxylation is 2. The predicted molar refractivity (Wildman–Crippen MR) is 205 cm³/mol. The first kappa shape index (κ1) is 32.3. The average molecular weight is 625 g/mol. The second-order valence-corrected chi connectivity index (χ2v) is 16.6. The second kappa shape index (κ2) is 11.3. The summed E-state index contributed by atoms with van der Waals surface area (Å²) in [5.74, 6) is 0. The van der Waals surface area contributed by atoms with Crippen molar-refractivity contribution in [2.75, 3.05) is 0 Å². The van der Waals surface area contributed by atoms with Gasteiger partial charge in [0.25, 0.3) is 0 Å². The lowest BCUT2D eigenvalue weighted by molar-refractivity contribution is 0.595. The zero-order valence-electron chi connectivity index (χ0n) is 29.7. The van der Waals surface area contributed by atoms with Gasteiger partial charge in [0.1, 0.15) is 0 Å². The molecule has 0 saturated heterocycles. The first-order chi connectivity index (χ1) is 21.5. The van der Waals surface area contributed by atoms with E-state index in [2.05, 4.69) is 161 Å². The predicted octanol–water partition coefficient (Wildman–Crippen LogP) is 13.9. The summed E-state index contributed by atoms with van der Waals surface area (Å²) in [6.07, 6.45) is 1.02. The molecule has 0 bridgehead atoms. The number of rotatable bonds is 3. The summed E-state index contributed by atoms with van der Waals surface area (Å²) in [6, 6.07) is 31.8. The molecule has 0 fully saturated rings. The fourth-order valence-electron chi connectivity index (χ4n) is 7.81. The van der Waals surface area contributed by atoms with Crippen molar-refractivity contribution in [3.05, 3.63) is 118 Å². The summed E-state index contributed by atoms with van der Waals surface area (Å²) in [5.41, 5.74) is 11.6. The van der Waals surface area contributed by atoms with E-state index in [1.54, 1.807) is 0 Å². The topological polar surface area (TPSA) is 0 Å². The number of benzene rings is 6. The lowest BCUT2D eigenvalue weighted by Gasteiger charge is -2.30. The van der Waals surface area contributed by atoms with E-state index in [4.69, 9.17) is 11.6 Å². The van der Waals surface area contributed by atoms with Crippen LogP contribution in [-0.2, 0) is 22.7 Å². The molecule has 6 aromatic rings. The van der Waals surface area contributed by atoms with Gasteiger partial charge in [-0.2, -0.15) is 0 Å². The maximum absolute atomic E-state index is 7.48. The smallest absolute Gasteiger partial charge is 0.0565 e. The molecule has 46 heavy (non-hydrogen) atoms. The molecule has 0 amide bonds. The van der Waals surface area contributed by atoms with Gasteiger partial charge in [-0.05, 0) is 101 Å². The molecule has 236 valence electrons. The highest BCUT2D eigenvalue weighted by Gasteiger charge is 2.28. The molecule has 0 aliphatic carbocycles.